The Hall–Kier alpha value is -3.14. The van der Waals surface area contributed by atoms with Gasteiger partial charge in [-0.05, 0) is 38.7 Å². The van der Waals surface area contributed by atoms with Gasteiger partial charge in [-0.2, -0.15) is 9.61 Å². The van der Waals surface area contributed by atoms with Crippen LogP contribution in [0.5, 0.6) is 5.88 Å². The predicted octanol–water partition coefficient (Wildman–Crippen LogP) is 0.992. The first-order valence-electron chi connectivity index (χ1n) is 10.7. The number of aromatic hydroxyl groups is 1. The molecule has 0 aromatic carbocycles. The molecule has 0 aliphatic heterocycles. The summed E-state index contributed by atoms with van der Waals surface area (Å²) in [6.07, 6.45) is 5.93. The minimum Gasteiger partial charge on any atom is -0.494 e. The Morgan fingerprint density at radius 1 is 1.38 bits per heavy atom. The van der Waals surface area contributed by atoms with Crippen LogP contribution in [0.3, 0.4) is 0 Å². The van der Waals surface area contributed by atoms with E-state index in [1.807, 2.05) is 13.8 Å². The van der Waals surface area contributed by atoms with Gasteiger partial charge in [0.25, 0.3) is 11.5 Å². The lowest BCUT2D eigenvalue weighted by Gasteiger charge is -2.24. The summed E-state index contributed by atoms with van der Waals surface area (Å²) in [5.74, 6) is -1.29. The average Bonchev–Trinajstić information content (AvgIpc) is 3.37. The van der Waals surface area contributed by atoms with Crippen LogP contribution in [0.2, 0.25) is 0 Å². The molecule has 2 amide bonds. The van der Waals surface area contributed by atoms with Gasteiger partial charge in [0, 0.05) is 37.8 Å². The summed E-state index contributed by atoms with van der Waals surface area (Å²) in [6.45, 7) is 7.58. The lowest BCUT2D eigenvalue weighted by molar-refractivity contribution is -0.127. The third-order valence-electron chi connectivity index (χ3n) is 5.01. The Labute approximate surface area is 186 Å². The molecule has 0 spiro atoms. The Morgan fingerprint density at radius 3 is 2.59 bits per heavy atom. The first-order valence-corrected chi connectivity index (χ1v) is 10.7. The molecule has 0 radical (unpaired) electrons. The van der Waals surface area contributed by atoms with E-state index in [9.17, 15) is 24.6 Å². The van der Waals surface area contributed by atoms with Crippen molar-refractivity contribution >= 4 is 23.5 Å². The van der Waals surface area contributed by atoms with Gasteiger partial charge in [0.1, 0.15) is 5.65 Å². The zero-order chi connectivity index (χ0) is 23.8. The van der Waals surface area contributed by atoms with Crippen LogP contribution in [0.1, 0.15) is 56.5 Å². The van der Waals surface area contributed by atoms with Crippen LogP contribution in [0.25, 0.3) is 11.7 Å². The second-order valence-electron chi connectivity index (χ2n) is 9.43. The maximum atomic E-state index is 13.0. The zero-order valence-electron chi connectivity index (χ0n) is 19.1. The van der Waals surface area contributed by atoms with Crippen LogP contribution in [-0.4, -0.2) is 66.3 Å². The number of hydrogen-bond acceptors (Lipinski definition) is 6. The molecule has 0 bridgehead atoms. The molecule has 32 heavy (non-hydrogen) atoms. The van der Waals surface area contributed by atoms with Crippen molar-refractivity contribution in [3.05, 3.63) is 33.8 Å². The molecule has 2 aromatic rings. The average molecular weight is 446 g/mol. The van der Waals surface area contributed by atoms with Crippen molar-refractivity contribution < 1.29 is 19.8 Å². The van der Waals surface area contributed by atoms with Crippen LogP contribution in [0, 0.1) is 5.92 Å². The number of rotatable bonds is 8. The van der Waals surface area contributed by atoms with Crippen molar-refractivity contribution in [2.75, 3.05) is 13.6 Å². The summed E-state index contributed by atoms with van der Waals surface area (Å²) >= 11 is 0. The molecule has 1 aliphatic carbocycles. The number of fused-ring (bicyclic) bond motifs is 1. The molecule has 3 rings (SSSR count). The van der Waals surface area contributed by atoms with Gasteiger partial charge in [-0.15, -0.1) is 0 Å². The summed E-state index contributed by atoms with van der Waals surface area (Å²) in [4.78, 5) is 39.4. The molecule has 0 saturated heterocycles. The van der Waals surface area contributed by atoms with E-state index in [1.54, 1.807) is 20.9 Å². The molecule has 0 unspecified atom stereocenters. The molecule has 174 valence electrons. The van der Waals surface area contributed by atoms with E-state index < -0.39 is 22.9 Å². The fourth-order valence-corrected chi connectivity index (χ4v) is 3.50. The smallest absolute Gasteiger partial charge is 0.291 e. The molecular weight excluding hydrogens is 414 g/mol. The van der Waals surface area contributed by atoms with Crippen molar-refractivity contribution in [1.29, 1.82) is 0 Å². The molecule has 3 N–H and O–H groups in total. The normalized spacial score (nSPS) is 14.5. The molecule has 1 saturated carbocycles. The van der Waals surface area contributed by atoms with E-state index in [4.69, 9.17) is 0 Å². The first-order chi connectivity index (χ1) is 14.9. The van der Waals surface area contributed by atoms with Crippen molar-refractivity contribution in [1.82, 2.24) is 24.4 Å². The number of nitrogens with zero attached hydrogens (tertiary/aromatic N) is 4. The maximum absolute atomic E-state index is 13.0. The van der Waals surface area contributed by atoms with Gasteiger partial charge in [-0.1, -0.05) is 13.8 Å². The third kappa shape index (κ3) is 5.18. The van der Waals surface area contributed by atoms with Crippen molar-refractivity contribution in [3.8, 4) is 5.88 Å². The number of carbonyl (C=O) groups excluding carboxylic acids is 2. The van der Waals surface area contributed by atoms with Gasteiger partial charge in [0.15, 0.2) is 5.56 Å². The number of hydrogen-bond donors (Lipinski definition) is 3. The minimum absolute atomic E-state index is 0.0264. The summed E-state index contributed by atoms with van der Waals surface area (Å²) in [5.41, 5.74) is -1.37. The summed E-state index contributed by atoms with van der Waals surface area (Å²) in [7, 11) is 1.58. The van der Waals surface area contributed by atoms with E-state index in [-0.39, 0.29) is 30.0 Å². The number of amides is 2. The van der Waals surface area contributed by atoms with E-state index in [0.29, 0.717) is 17.8 Å². The SMILES string of the molecule is CC(C)Cn1c(O)c(C(=O)NC2CC2)c(=O)n2ncc(/C=C/C(=O)N(C)CC(C)(C)O)c12. The van der Waals surface area contributed by atoms with Gasteiger partial charge < -0.3 is 20.4 Å². The standard InChI is InChI=1S/C22H31N5O5/c1-13(2)11-26-19-14(6-9-16(28)25(5)12-22(3,4)32)10-23-27(19)21(31)17(20(26)30)18(29)24-15-7-8-15/h6,9-10,13,15,30,32H,7-8,11-12H2,1-5H3,(H,24,29)/b9-6+. The Balaban J connectivity index is 2.05. The highest BCUT2D eigenvalue weighted by atomic mass is 16.3. The highest BCUT2D eigenvalue weighted by molar-refractivity contribution is 5.97. The fourth-order valence-electron chi connectivity index (χ4n) is 3.50. The van der Waals surface area contributed by atoms with E-state index in [2.05, 4.69) is 10.4 Å². The molecule has 10 heteroatoms. The summed E-state index contributed by atoms with van der Waals surface area (Å²) in [6, 6.07) is 0.0264. The fraction of sp³-hybridized carbons (Fsp3) is 0.545. The van der Waals surface area contributed by atoms with Gasteiger partial charge in [-0.25, -0.2) is 0 Å². The molecule has 2 heterocycles. The Bertz CT molecular complexity index is 1120. The number of aliphatic hydroxyl groups is 1. The van der Waals surface area contributed by atoms with E-state index in [1.165, 1.54) is 27.8 Å². The Morgan fingerprint density at radius 2 is 2.03 bits per heavy atom. The summed E-state index contributed by atoms with van der Waals surface area (Å²) < 4.78 is 2.56. The van der Waals surface area contributed by atoms with Crippen LogP contribution in [-0.2, 0) is 11.3 Å². The number of carbonyl (C=O) groups is 2. The number of likely N-dealkylation sites (N-methyl/N-ethyl adjacent to an activating group) is 1. The lowest BCUT2D eigenvalue weighted by atomic mass is 10.1. The molecule has 0 atom stereocenters. The topological polar surface area (TPSA) is 129 Å². The molecule has 10 nitrogen and oxygen atoms in total. The largest absolute Gasteiger partial charge is 0.494 e. The van der Waals surface area contributed by atoms with E-state index >= 15 is 0 Å². The van der Waals surface area contributed by atoms with Gasteiger partial charge in [0.2, 0.25) is 11.8 Å². The Kier molecular flexibility index (Phi) is 6.45. The lowest BCUT2D eigenvalue weighted by Crippen LogP contribution is -2.38. The summed E-state index contributed by atoms with van der Waals surface area (Å²) in [5, 5.41) is 27.7. The molecule has 2 aromatic heterocycles. The monoisotopic (exact) mass is 445 g/mol. The molecule has 1 aliphatic rings. The van der Waals surface area contributed by atoms with Crippen LogP contribution in [0.4, 0.5) is 0 Å². The van der Waals surface area contributed by atoms with Crippen molar-refractivity contribution in [2.24, 2.45) is 5.92 Å². The molecular formula is C22H31N5O5. The minimum atomic E-state index is -1.04. The van der Waals surface area contributed by atoms with Gasteiger partial charge in [-0.3, -0.25) is 19.0 Å². The molecule has 1 fully saturated rings. The maximum Gasteiger partial charge on any atom is 0.291 e. The third-order valence-corrected chi connectivity index (χ3v) is 5.01. The van der Waals surface area contributed by atoms with Crippen molar-refractivity contribution in [3.63, 3.8) is 0 Å². The highest BCUT2D eigenvalue weighted by Gasteiger charge is 2.30. The highest BCUT2D eigenvalue weighted by Crippen LogP contribution is 2.24. The van der Waals surface area contributed by atoms with Gasteiger partial charge in [0.05, 0.1) is 11.8 Å². The second kappa shape index (κ2) is 8.78. The first kappa shape index (κ1) is 23.5. The number of aromatic nitrogens is 3. The predicted molar refractivity (Wildman–Crippen MR) is 119 cm³/mol. The van der Waals surface area contributed by atoms with Crippen LogP contribution < -0.4 is 10.9 Å². The number of nitrogens with one attached hydrogen (secondary N) is 1. The second-order valence-corrected chi connectivity index (χ2v) is 9.43. The zero-order valence-corrected chi connectivity index (χ0v) is 19.1. The van der Waals surface area contributed by atoms with Crippen LogP contribution in [0.15, 0.2) is 17.1 Å². The van der Waals surface area contributed by atoms with Crippen molar-refractivity contribution in [2.45, 2.75) is 58.7 Å². The quantitative estimate of drug-likeness (QED) is 0.520. The van der Waals surface area contributed by atoms with Gasteiger partial charge >= 0.3 is 0 Å². The van der Waals surface area contributed by atoms with E-state index in [0.717, 1.165) is 17.4 Å². The van der Waals surface area contributed by atoms with Crippen LogP contribution >= 0.6 is 0 Å².